The second-order valence-corrected chi connectivity index (χ2v) is 8.38. The van der Waals surface area contributed by atoms with Crippen molar-refractivity contribution in [1.82, 2.24) is 10.2 Å². The van der Waals surface area contributed by atoms with E-state index in [9.17, 15) is 9.59 Å². The van der Waals surface area contributed by atoms with Crippen LogP contribution in [0.1, 0.15) is 62.6 Å². The van der Waals surface area contributed by atoms with Crippen molar-refractivity contribution >= 4 is 11.8 Å². The predicted octanol–water partition coefficient (Wildman–Crippen LogP) is 3.60. The number of nitrogens with zero attached hydrogens (tertiary/aromatic N) is 1. The number of nitrogens with one attached hydrogen (secondary N) is 1. The molecule has 1 saturated heterocycles. The third-order valence-electron chi connectivity index (χ3n) is 6.87. The van der Waals surface area contributed by atoms with Gasteiger partial charge < -0.3 is 10.2 Å². The van der Waals surface area contributed by atoms with Crippen molar-refractivity contribution in [2.75, 3.05) is 6.54 Å². The van der Waals surface area contributed by atoms with Gasteiger partial charge >= 0.3 is 0 Å². The molecule has 2 amide bonds. The zero-order valence-electron chi connectivity index (χ0n) is 15.9. The highest BCUT2D eigenvalue weighted by molar-refractivity contribution is 5.81. The Labute approximate surface area is 156 Å². The number of hydrogen-bond donors (Lipinski definition) is 1. The first-order chi connectivity index (χ1) is 12.6. The Morgan fingerprint density at radius 1 is 1.19 bits per heavy atom. The lowest BCUT2D eigenvalue weighted by Crippen LogP contribution is -2.42. The Balaban J connectivity index is 1.49. The van der Waals surface area contributed by atoms with E-state index in [1.165, 1.54) is 11.1 Å². The fraction of sp³-hybridized carbons (Fsp3) is 0.636. The molecule has 140 valence electrons. The van der Waals surface area contributed by atoms with E-state index in [0.29, 0.717) is 24.2 Å². The lowest BCUT2D eigenvalue weighted by molar-refractivity contribution is -0.139. The van der Waals surface area contributed by atoms with E-state index < -0.39 is 0 Å². The van der Waals surface area contributed by atoms with Crippen molar-refractivity contribution < 1.29 is 9.59 Å². The zero-order valence-corrected chi connectivity index (χ0v) is 15.9. The molecule has 4 rings (SSSR count). The van der Waals surface area contributed by atoms with Crippen LogP contribution in [-0.4, -0.2) is 29.3 Å². The summed E-state index contributed by atoms with van der Waals surface area (Å²) in [4.78, 5) is 27.4. The largest absolute Gasteiger partial charge is 0.353 e. The summed E-state index contributed by atoms with van der Waals surface area (Å²) in [5, 5.41) is 3.18. The summed E-state index contributed by atoms with van der Waals surface area (Å²) < 4.78 is 0. The van der Waals surface area contributed by atoms with E-state index in [2.05, 4.69) is 41.4 Å². The predicted molar refractivity (Wildman–Crippen MR) is 101 cm³/mol. The fourth-order valence-electron chi connectivity index (χ4n) is 5.40. The maximum absolute atomic E-state index is 13.4. The Bertz CT molecular complexity index is 701. The molecule has 2 saturated carbocycles. The molecule has 2 aliphatic carbocycles. The molecule has 4 heteroatoms. The minimum atomic E-state index is 0.0984. The van der Waals surface area contributed by atoms with E-state index in [1.54, 1.807) is 0 Å². The minimum absolute atomic E-state index is 0.0984. The maximum Gasteiger partial charge on any atom is 0.226 e. The topological polar surface area (TPSA) is 49.4 Å². The molecule has 3 aliphatic rings. The highest BCUT2D eigenvalue weighted by Crippen LogP contribution is 2.52. The van der Waals surface area contributed by atoms with Crippen molar-refractivity contribution in [3.05, 3.63) is 35.4 Å². The number of benzene rings is 1. The van der Waals surface area contributed by atoms with E-state index in [1.807, 2.05) is 6.92 Å². The van der Waals surface area contributed by atoms with Crippen molar-refractivity contribution in [1.29, 1.82) is 0 Å². The van der Waals surface area contributed by atoms with Crippen molar-refractivity contribution in [2.24, 2.45) is 17.8 Å². The minimum Gasteiger partial charge on any atom is -0.353 e. The summed E-state index contributed by atoms with van der Waals surface area (Å²) in [5.74, 6) is 1.54. The third-order valence-corrected chi connectivity index (χ3v) is 6.87. The Morgan fingerprint density at radius 2 is 2.00 bits per heavy atom. The van der Waals surface area contributed by atoms with Gasteiger partial charge in [0.1, 0.15) is 0 Å². The molecule has 3 fully saturated rings. The molecular formula is C22H30N2O2. The van der Waals surface area contributed by atoms with E-state index in [0.717, 1.165) is 38.6 Å². The Hall–Kier alpha value is -1.84. The van der Waals surface area contributed by atoms with Crippen LogP contribution in [0.3, 0.4) is 0 Å². The fourth-order valence-corrected chi connectivity index (χ4v) is 5.40. The van der Waals surface area contributed by atoms with Crippen LogP contribution in [0.5, 0.6) is 0 Å². The summed E-state index contributed by atoms with van der Waals surface area (Å²) in [7, 11) is 0. The summed E-state index contributed by atoms with van der Waals surface area (Å²) >= 11 is 0. The molecular weight excluding hydrogens is 324 g/mol. The molecule has 0 radical (unpaired) electrons. The van der Waals surface area contributed by atoms with Crippen LogP contribution in [0.15, 0.2) is 24.3 Å². The first kappa shape index (κ1) is 17.6. The maximum atomic E-state index is 13.4. The van der Waals surface area contributed by atoms with Crippen molar-refractivity contribution in [3.63, 3.8) is 0 Å². The van der Waals surface area contributed by atoms with Gasteiger partial charge in [0, 0.05) is 24.9 Å². The first-order valence-electron chi connectivity index (χ1n) is 10.2. The van der Waals surface area contributed by atoms with Gasteiger partial charge in [-0.2, -0.15) is 0 Å². The molecule has 5 atom stereocenters. The highest BCUT2D eigenvalue weighted by Gasteiger charge is 2.53. The van der Waals surface area contributed by atoms with Gasteiger partial charge in [0.15, 0.2) is 0 Å². The molecule has 26 heavy (non-hydrogen) atoms. The molecule has 1 aliphatic heterocycles. The number of carbonyl (C=O) groups is 2. The third kappa shape index (κ3) is 3.04. The second kappa shape index (κ2) is 7.05. The molecule has 1 N–H and O–H groups in total. The molecule has 1 aromatic carbocycles. The van der Waals surface area contributed by atoms with Crippen LogP contribution >= 0.6 is 0 Å². The molecule has 4 nitrogen and oxygen atoms in total. The average molecular weight is 354 g/mol. The lowest BCUT2D eigenvalue weighted by Gasteiger charge is -2.37. The number of aryl methyl sites for hydroxylation is 1. The number of hydrogen-bond acceptors (Lipinski definition) is 2. The zero-order chi connectivity index (χ0) is 18.3. The van der Waals surface area contributed by atoms with Gasteiger partial charge in [-0.1, -0.05) is 36.8 Å². The summed E-state index contributed by atoms with van der Waals surface area (Å²) in [6.45, 7) is 4.88. The van der Waals surface area contributed by atoms with Crippen LogP contribution in [0.2, 0.25) is 0 Å². The van der Waals surface area contributed by atoms with Gasteiger partial charge in [-0.05, 0) is 56.4 Å². The quantitative estimate of drug-likeness (QED) is 0.898. The number of carbonyl (C=O) groups excluding carboxylic acids is 2. The van der Waals surface area contributed by atoms with Crippen LogP contribution in [0, 0.1) is 24.7 Å². The second-order valence-electron chi connectivity index (χ2n) is 8.38. The standard InChI is InChI=1S/C22H30N2O2/c1-3-21(25)23-19-13-18(16-9-10-17(16)19)22(26)24-11-5-8-20(24)15-7-4-6-14(2)12-15/h4,6-7,12,16-20H,3,5,8-11,13H2,1-2H3,(H,23,25)/t16?,17?,18-,19?,20?/m0/s1. The smallest absolute Gasteiger partial charge is 0.226 e. The van der Waals surface area contributed by atoms with Gasteiger partial charge in [0.05, 0.1) is 6.04 Å². The monoisotopic (exact) mass is 354 g/mol. The molecule has 0 spiro atoms. The molecule has 4 unspecified atom stereocenters. The van der Waals surface area contributed by atoms with Crippen LogP contribution in [-0.2, 0) is 9.59 Å². The van der Waals surface area contributed by atoms with Crippen molar-refractivity contribution in [2.45, 2.75) is 64.5 Å². The van der Waals surface area contributed by atoms with Crippen LogP contribution < -0.4 is 5.32 Å². The lowest BCUT2D eigenvalue weighted by atomic mass is 9.71. The molecule has 1 heterocycles. The van der Waals surface area contributed by atoms with E-state index in [4.69, 9.17) is 0 Å². The highest BCUT2D eigenvalue weighted by atomic mass is 16.2. The molecule has 1 aromatic rings. The summed E-state index contributed by atoms with van der Waals surface area (Å²) in [6, 6.07) is 9.02. The van der Waals surface area contributed by atoms with Crippen molar-refractivity contribution in [3.8, 4) is 0 Å². The number of fused-ring (bicyclic) bond motifs is 1. The normalized spacial score (nSPS) is 32.8. The summed E-state index contributed by atoms with van der Waals surface area (Å²) in [5.41, 5.74) is 2.53. The Kier molecular flexibility index (Phi) is 4.76. The van der Waals surface area contributed by atoms with Crippen LogP contribution in [0.25, 0.3) is 0 Å². The van der Waals surface area contributed by atoms with Gasteiger partial charge in [-0.15, -0.1) is 0 Å². The van der Waals surface area contributed by atoms with E-state index in [-0.39, 0.29) is 23.9 Å². The molecule has 0 aromatic heterocycles. The molecule has 0 bridgehead atoms. The number of likely N-dealkylation sites (tertiary alicyclic amines) is 1. The number of amides is 2. The van der Waals surface area contributed by atoms with Crippen LogP contribution in [0.4, 0.5) is 0 Å². The first-order valence-corrected chi connectivity index (χ1v) is 10.2. The summed E-state index contributed by atoms with van der Waals surface area (Å²) in [6.07, 6.45) is 5.80. The van der Waals surface area contributed by atoms with Gasteiger partial charge in [0.2, 0.25) is 11.8 Å². The van der Waals surface area contributed by atoms with Gasteiger partial charge in [0.25, 0.3) is 0 Å². The average Bonchev–Trinajstić information content (AvgIpc) is 3.17. The van der Waals surface area contributed by atoms with E-state index >= 15 is 0 Å². The SMILES string of the molecule is CCC(=O)NC1C[C@H](C(=O)N2CCCC2c2cccc(C)c2)C2CCC12. The number of rotatable bonds is 4. The van der Waals surface area contributed by atoms with Gasteiger partial charge in [-0.3, -0.25) is 9.59 Å². The van der Waals surface area contributed by atoms with Gasteiger partial charge in [-0.25, -0.2) is 0 Å². The Morgan fingerprint density at radius 3 is 2.69 bits per heavy atom.